The molecular formula is C22H28F2N4O. The maximum atomic E-state index is 14.1. The van der Waals surface area contributed by atoms with Crippen molar-refractivity contribution in [3.05, 3.63) is 65.2 Å². The van der Waals surface area contributed by atoms with E-state index in [0.717, 1.165) is 24.1 Å². The van der Waals surface area contributed by atoms with Gasteiger partial charge < -0.3 is 20.3 Å². The van der Waals surface area contributed by atoms with Crippen LogP contribution < -0.4 is 15.5 Å². The van der Waals surface area contributed by atoms with Crippen LogP contribution in [0.5, 0.6) is 0 Å². The first-order chi connectivity index (χ1) is 14.1. The number of anilines is 1. The van der Waals surface area contributed by atoms with Gasteiger partial charge in [-0.05, 0) is 36.6 Å². The SMILES string of the molecule is CCNC(=NCc1ccccc1COC)NC1CCN(c2c(F)cccc2F)C1. The predicted octanol–water partition coefficient (Wildman–Crippen LogP) is 3.45. The molecule has 0 amide bonds. The van der Waals surface area contributed by atoms with E-state index in [1.165, 1.54) is 18.2 Å². The lowest BCUT2D eigenvalue weighted by molar-refractivity contribution is 0.184. The number of hydrogen-bond acceptors (Lipinski definition) is 3. The summed E-state index contributed by atoms with van der Waals surface area (Å²) in [5.41, 5.74) is 2.26. The third-order valence-corrected chi connectivity index (χ3v) is 4.95. The first-order valence-electron chi connectivity index (χ1n) is 9.92. The molecule has 0 aromatic heterocycles. The summed E-state index contributed by atoms with van der Waals surface area (Å²) in [6.45, 7) is 4.90. The van der Waals surface area contributed by atoms with Gasteiger partial charge in [0, 0.05) is 32.8 Å². The van der Waals surface area contributed by atoms with Crippen LogP contribution in [0.25, 0.3) is 0 Å². The number of nitrogens with zero attached hydrogens (tertiary/aromatic N) is 2. The van der Waals surface area contributed by atoms with Crippen molar-refractivity contribution in [1.29, 1.82) is 0 Å². The lowest BCUT2D eigenvalue weighted by Gasteiger charge is -2.21. The molecule has 0 saturated carbocycles. The Balaban J connectivity index is 1.66. The molecule has 0 bridgehead atoms. The van der Waals surface area contributed by atoms with E-state index >= 15 is 0 Å². The summed E-state index contributed by atoms with van der Waals surface area (Å²) in [7, 11) is 1.68. The van der Waals surface area contributed by atoms with Crippen molar-refractivity contribution in [2.24, 2.45) is 4.99 Å². The minimum Gasteiger partial charge on any atom is -0.380 e. The van der Waals surface area contributed by atoms with Crippen LogP contribution in [0.1, 0.15) is 24.5 Å². The van der Waals surface area contributed by atoms with E-state index in [-0.39, 0.29) is 11.7 Å². The second kappa shape index (κ2) is 10.2. The highest BCUT2D eigenvalue weighted by Crippen LogP contribution is 2.26. The highest BCUT2D eigenvalue weighted by atomic mass is 19.1. The Morgan fingerprint density at radius 1 is 1.14 bits per heavy atom. The van der Waals surface area contributed by atoms with Gasteiger partial charge in [0.25, 0.3) is 0 Å². The zero-order valence-corrected chi connectivity index (χ0v) is 16.9. The monoisotopic (exact) mass is 402 g/mol. The fourth-order valence-corrected chi connectivity index (χ4v) is 3.56. The fourth-order valence-electron chi connectivity index (χ4n) is 3.56. The first-order valence-corrected chi connectivity index (χ1v) is 9.92. The number of hydrogen-bond donors (Lipinski definition) is 2. The number of guanidine groups is 1. The summed E-state index contributed by atoms with van der Waals surface area (Å²) in [5.74, 6) is -0.359. The Bertz CT molecular complexity index is 823. The Morgan fingerprint density at radius 2 is 1.86 bits per heavy atom. The summed E-state index contributed by atoms with van der Waals surface area (Å²) in [6.07, 6.45) is 0.776. The molecule has 5 nitrogen and oxygen atoms in total. The summed E-state index contributed by atoms with van der Waals surface area (Å²) in [6, 6.07) is 12.1. The minimum atomic E-state index is -0.527. The quantitative estimate of drug-likeness (QED) is 0.550. The van der Waals surface area contributed by atoms with Crippen LogP contribution in [0.2, 0.25) is 0 Å². The average molecular weight is 402 g/mol. The molecular weight excluding hydrogens is 374 g/mol. The van der Waals surface area contributed by atoms with Gasteiger partial charge >= 0.3 is 0 Å². The van der Waals surface area contributed by atoms with Crippen molar-refractivity contribution in [1.82, 2.24) is 10.6 Å². The molecule has 0 radical (unpaired) electrons. The van der Waals surface area contributed by atoms with Crippen molar-refractivity contribution in [3.63, 3.8) is 0 Å². The summed E-state index contributed by atoms with van der Waals surface area (Å²) < 4.78 is 33.4. The maximum absolute atomic E-state index is 14.1. The third-order valence-electron chi connectivity index (χ3n) is 4.95. The van der Waals surface area contributed by atoms with Crippen molar-refractivity contribution >= 4 is 11.6 Å². The van der Waals surface area contributed by atoms with Crippen LogP contribution in [-0.4, -0.2) is 38.7 Å². The predicted molar refractivity (Wildman–Crippen MR) is 112 cm³/mol. The molecule has 1 unspecified atom stereocenters. The molecule has 156 valence electrons. The zero-order chi connectivity index (χ0) is 20.6. The normalized spacial score (nSPS) is 16.9. The first kappa shape index (κ1) is 21.0. The average Bonchev–Trinajstić information content (AvgIpc) is 3.15. The Morgan fingerprint density at radius 3 is 2.55 bits per heavy atom. The van der Waals surface area contributed by atoms with Crippen LogP contribution in [0.15, 0.2) is 47.5 Å². The Hall–Kier alpha value is -2.67. The number of ether oxygens (including phenoxy) is 1. The molecule has 0 spiro atoms. The molecule has 2 aromatic carbocycles. The molecule has 1 aliphatic rings. The molecule has 1 heterocycles. The molecule has 0 aliphatic carbocycles. The topological polar surface area (TPSA) is 48.9 Å². The molecule has 1 atom stereocenters. The number of halogens is 2. The van der Waals surface area contributed by atoms with Crippen LogP contribution in [0.3, 0.4) is 0 Å². The summed E-state index contributed by atoms with van der Waals surface area (Å²) in [4.78, 5) is 6.44. The van der Waals surface area contributed by atoms with Gasteiger partial charge in [-0.1, -0.05) is 30.3 Å². The van der Waals surface area contributed by atoms with E-state index in [0.29, 0.717) is 32.2 Å². The molecule has 1 saturated heterocycles. The van der Waals surface area contributed by atoms with Crippen LogP contribution in [0, 0.1) is 11.6 Å². The fraction of sp³-hybridized carbons (Fsp3) is 0.409. The molecule has 7 heteroatoms. The molecule has 2 aromatic rings. The molecule has 29 heavy (non-hydrogen) atoms. The number of methoxy groups -OCH3 is 1. The number of aliphatic imine (C=N–C) groups is 1. The highest BCUT2D eigenvalue weighted by Gasteiger charge is 2.27. The maximum Gasteiger partial charge on any atom is 0.191 e. The van der Waals surface area contributed by atoms with Gasteiger partial charge in [-0.2, -0.15) is 0 Å². The molecule has 1 aliphatic heterocycles. The van der Waals surface area contributed by atoms with E-state index in [1.54, 1.807) is 12.0 Å². The van der Waals surface area contributed by atoms with Gasteiger partial charge in [-0.25, -0.2) is 13.8 Å². The molecule has 2 N–H and O–H groups in total. The molecule has 1 fully saturated rings. The van der Waals surface area contributed by atoms with Crippen LogP contribution in [-0.2, 0) is 17.9 Å². The Labute approximate surface area is 170 Å². The molecule has 3 rings (SSSR count). The van der Waals surface area contributed by atoms with Gasteiger partial charge in [-0.3, -0.25) is 0 Å². The lowest BCUT2D eigenvalue weighted by atomic mass is 10.1. The number of benzene rings is 2. The second-order valence-corrected chi connectivity index (χ2v) is 7.04. The largest absolute Gasteiger partial charge is 0.380 e. The van der Waals surface area contributed by atoms with Gasteiger partial charge in [0.15, 0.2) is 5.96 Å². The smallest absolute Gasteiger partial charge is 0.191 e. The van der Waals surface area contributed by atoms with E-state index in [9.17, 15) is 8.78 Å². The van der Waals surface area contributed by atoms with Crippen LogP contribution >= 0.6 is 0 Å². The van der Waals surface area contributed by atoms with E-state index in [2.05, 4.69) is 10.6 Å². The van der Waals surface area contributed by atoms with Gasteiger partial charge in [0.1, 0.15) is 17.3 Å². The minimum absolute atomic E-state index is 0.0484. The number of rotatable bonds is 7. The van der Waals surface area contributed by atoms with Gasteiger partial charge in [0.2, 0.25) is 0 Å². The second-order valence-electron chi connectivity index (χ2n) is 7.04. The zero-order valence-electron chi connectivity index (χ0n) is 16.9. The van der Waals surface area contributed by atoms with Crippen molar-refractivity contribution in [2.45, 2.75) is 32.5 Å². The highest BCUT2D eigenvalue weighted by molar-refractivity contribution is 5.80. The van der Waals surface area contributed by atoms with Crippen molar-refractivity contribution < 1.29 is 13.5 Å². The summed E-state index contributed by atoms with van der Waals surface area (Å²) >= 11 is 0. The summed E-state index contributed by atoms with van der Waals surface area (Å²) in [5, 5.41) is 6.65. The third kappa shape index (κ3) is 5.44. The van der Waals surface area contributed by atoms with Gasteiger partial charge in [-0.15, -0.1) is 0 Å². The van der Waals surface area contributed by atoms with Gasteiger partial charge in [0.05, 0.1) is 13.2 Å². The lowest BCUT2D eigenvalue weighted by Crippen LogP contribution is -2.44. The van der Waals surface area contributed by atoms with E-state index < -0.39 is 11.6 Å². The van der Waals surface area contributed by atoms with Crippen LogP contribution in [0.4, 0.5) is 14.5 Å². The van der Waals surface area contributed by atoms with Crippen molar-refractivity contribution in [3.8, 4) is 0 Å². The van der Waals surface area contributed by atoms with E-state index in [1.807, 2.05) is 31.2 Å². The standard InChI is InChI=1S/C22H28F2N4O/c1-3-25-22(26-13-16-7-4-5-8-17(16)15-29-2)27-18-11-12-28(14-18)21-19(23)9-6-10-20(21)24/h4-10,18H,3,11-15H2,1-2H3,(H2,25,26,27). The Kier molecular flexibility index (Phi) is 7.41. The van der Waals surface area contributed by atoms with E-state index in [4.69, 9.17) is 9.73 Å². The number of para-hydroxylation sites is 1. The number of nitrogens with one attached hydrogen (secondary N) is 2. The van der Waals surface area contributed by atoms with Crippen molar-refractivity contribution in [2.75, 3.05) is 31.6 Å².